The summed E-state index contributed by atoms with van der Waals surface area (Å²) in [5, 5.41) is -0.447. The summed E-state index contributed by atoms with van der Waals surface area (Å²) in [4.78, 5) is 35.5. The van der Waals surface area contributed by atoms with Crippen LogP contribution in [0.3, 0.4) is 0 Å². The fraction of sp³-hybridized carbons (Fsp3) is 0.150. The normalized spacial score (nSPS) is 11.3. The van der Waals surface area contributed by atoms with Crippen molar-refractivity contribution in [3.8, 4) is 23.0 Å². The van der Waals surface area contributed by atoms with E-state index in [4.69, 9.17) is 18.6 Å². The number of carbonyl (C=O) groups is 2. The monoisotopic (exact) mass is 440 g/mol. The molecular formula is C20H12F4O7. The third-order valence-electron chi connectivity index (χ3n) is 3.73. The Morgan fingerprint density at radius 1 is 0.903 bits per heavy atom. The van der Waals surface area contributed by atoms with Crippen LogP contribution in [-0.4, -0.2) is 11.9 Å². The lowest BCUT2D eigenvalue weighted by molar-refractivity contribution is -0.154. The molecule has 162 valence electrons. The molecule has 0 spiro atoms. The first kappa shape index (κ1) is 21.8. The average Bonchev–Trinajstić information content (AvgIpc) is 2.65. The first-order valence-electron chi connectivity index (χ1n) is 8.48. The van der Waals surface area contributed by atoms with Crippen molar-refractivity contribution in [3.63, 3.8) is 0 Å². The molecule has 31 heavy (non-hydrogen) atoms. The Bertz CT molecular complexity index is 1230. The number of fused-ring (bicyclic) bond motifs is 1. The maximum atomic E-state index is 13.7. The summed E-state index contributed by atoms with van der Waals surface area (Å²) in [5.41, 5.74) is -2.03. The van der Waals surface area contributed by atoms with Crippen molar-refractivity contribution in [1.29, 1.82) is 0 Å². The van der Waals surface area contributed by atoms with Gasteiger partial charge in [-0.1, -0.05) is 0 Å². The van der Waals surface area contributed by atoms with Crippen LogP contribution in [0.2, 0.25) is 0 Å². The zero-order chi connectivity index (χ0) is 22.9. The Labute approximate surface area is 170 Å². The molecule has 2 aromatic carbocycles. The minimum atomic E-state index is -5.20. The third kappa shape index (κ3) is 4.65. The number of benzene rings is 2. The Kier molecular flexibility index (Phi) is 5.69. The first-order chi connectivity index (χ1) is 14.5. The van der Waals surface area contributed by atoms with E-state index in [1.165, 1.54) is 0 Å². The molecule has 1 heterocycles. The van der Waals surface area contributed by atoms with Crippen LogP contribution in [0, 0.1) is 5.82 Å². The summed E-state index contributed by atoms with van der Waals surface area (Å²) in [6, 6.07) is 5.96. The van der Waals surface area contributed by atoms with Crippen molar-refractivity contribution in [2.45, 2.75) is 20.0 Å². The van der Waals surface area contributed by atoms with E-state index in [-0.39, 0.29) is 5.75 Å². The minimum Gasteiger partial charge on any atom is -0.449 e. The molecule has 0 aliphatic heterocycles. The van der Waals surface area contributed by atoms with Crippen LogP contribution in [-0.2, 0) is 15.8 Å². The molecule has 0 aliphatic rings. The number of hydrogen-bond acceptors (Lipinski definition) is 7. The molecule has 3 aromatic rings. The molecule has 0 unspecified atom stereocenters. The number of esters is 2. The van der Waals surface area contributed by atoms with Crippen molar-refractivity contribution in [3.05, 3.63) is 58.2 Å². The summed E-state index contributed by atoms with van der Waals surface area (Å²) in [7, 11) is 0. The number of alkyl halides is 3. The van der Waals surface area contributed by atoms with Crippen LogP contribution in [0.15, 0.2) is 45.6 Å². The largest absolute Gasteiger partial charge is 0.453 e. The summed E-state index contributed by atoms with van der Waals surface area (Å²) >= 11 is 0. The van der Waals surface area contributed by atoms with Crippen LogP contribution < -0.4 is 19.6 Å². The van der Waals surface area contributed by atoms with Gasteiger partial charge in [0, 0.05) is 13.8 Å². The van der Waals surface area contributed by atoms with Crippen molar-refractivity contribution in [2.75, 3.05) is 0 Å². The highest BCUT2D eigenvalue weighted by Crippen LogP contribution is 2.42. The van der Waals surface area contributed by atoms with Crippen LogP contribution in [0.1, 0.15) is 19.6 Å². The zero-order valence-corrected chi connectivity index (χ0v) is 15.8. The van der Waals surface area contributed by atoms with Gasteiger partial charge >= 0.3 is 18.1 Å². The second kappa shape index (κ2) is 8.09. The molecule has 0 N–H and O–H groups in total. The van der Waals surface area contributed by atoms with Gasteiger partial charge in [0.05, 0.1) is 5.39 Å². The Hall–Kier alpha value is -3.89. The van der Waals surface area contributed by atoms with E-state index < -0.39 is 63.3 Å². The topological polar surface area (TPSA) is 92.0 Å². The Morgan fingerprint density at radius 2 is 1.52 bits per heavy atom. The zero-order valence-electron chi connectivity index (χ0n) is 15.8. The van der Waals surface area contributed by atoms with Gasteiger partial charge in [0.1, 0.15) is 11.6 Å². The maximum absolute atomic E-state index is 13.7. The fourth-order valence-corrected chi connectivity index (χ4v) is 2.57. The summed E-state index contributed by atoms with van der Waals surface area (Å²) in [6.07, 6.45) is -5.20. The SMILES string of the molecule is CC(=O)Oc1ccc2c(=O)c(Oc3ccc(F)cc3)c(C(F)(F)F)oc2c1OC(C)=O. The lowest BCUT2D eigenvalue weighted by Crippen LogP contribution is -2.16. The van der Waals surface area contributed by atoms with Crippen molar-refractivity contribution in [2.24, 2.45) is 0 Å². The molecule has 0 aliphatic carbocycles. The van der Waals surface area contributed by atoms with E-state index in [9.17, 15) is 31.9 Å². The van der Waals surface area contributed by atoms with E-state index in [2.05, 4.69) is 0 Å². The number of hydrogen-bond donors (Lipinski definition) is 0. The number of carbonyl (C=O) groups excluding carboxylic acids is 2. The van der Waals surface area contributed by atoms with Crippen molar-refractivity contribution < 1.29 is 45.8 Å². The van der Waals surface area contributed by atoms with E-state index in [0.29, 0.717) is 0 Å². The second-order valence-electron chi connectivity index (χ2n) is 6.10. The van der Waals surface area contributed by atoms with E-state index >= 15 is 0 Å². The highest BCUT2D eigenvalue weighted by Gasteiger charge is 2.41. The minimum absolute atomic E-state index is 0.254. The lowest BCUT2D eigenvalue weighted by atomic mass is 10.1. The van der Waals surface area contributed by atoms with Crippen molar-refractivity contribution >= 4 is 22.9 Å². The van der Waals surface area contributed by atoms with Gasteiger partial charge < -0.3 is 18.6 Å². The molecule has 0 amide bonds. The number of rotatable bonds is 4. The maximum Gasteiger partial charge on any atom is 0.453 e. The van der Waals surface area contributed by atoms with Gasteiger partial charge in [0.2, 0.25) is 16.9 Å². The number of ether oxygens (including phenoxy) is 3. The van der Waals surface area contributed by atoms with E-state index in [0.717, 1.165) is 50.2 Å². The molecule has 0 saturated heterocycles. The van der Waals surface area contributed by atoms with Crippen LogP contribution >= 0.6 is 0 Å². The quantitative estimate of drug-likeness (QED) is 0.333. The van der Waals surface area contributed by atoms with Crippen LogP contribution in [0.4, 0.5) is 17.6 Å². The summed E-state index contributed by atoms with van der Waals surface area (Å²) < 4.78 is 73.7. The molecule has 0 fully saturated rings. The van der Waals surface area contributed by atoms with Crippen LogP contribution in [0.5, 0.6) is 23.0 Å². The fourth-order valence-electron chi connectivity index (χ4n) is 2.57. The standard InChI is InChI=1S/C20H12F4O7/c1-9(25)28-14-8-7-13-15(27)18(30-12-5-3-11(21)4-6-12)19(20(22,23)24)31-16(13)17(14)29-10(2)26/h3-8H,1-2H3. The predicted molar refractivity (Wildman–Crippen MR) is 96.6 cm³/mol. The molecule has 0 atom stereocenters. The van der Waals surface area contributed by atoms with Crippen LogP contribution in [0.25, 0.3) is 11.0 Å². The molecular weight excluding hydrogens is 428 g/mol. The highest BCUT2D eigenvalue weighted by molar-refractivity contribution is 5.90. The lowest BCUT2D eigenvalue weighted by Gasteiger charge is -2.15. The Morgan fingerprint density at radius 3 is 2.06 bits per heavy atom. The molecule has 3 rings (SSSR count). The van der Waals surface area contributed by atoms with Gasteiger partial charge in [-0.2, -0.15) is 13.2 Å². The number of halogens is 4. The molecule has 0 saturated carbocycles. The summed E-state index contributed by atoms with van der Waals surface area (Å²) in [6.45, 7) is 1.96. The van der Waals surface area contributed by atoms with Gasteiger partial charge in [-0.3, -0.25) is 14.4 Å². The van der Waals surface area contributed by atoms with Crippen molar-refractivity contribution in [1.82, 2.24) is 0 Å². The van der Waals surface area contributed by atoms with Gasteiger partial charge in [-0.05, 0) is 36.4 Å². The first-order valence-corrected chi connectivity index (χ1v) is 8.48. The molecule has 11 heteroatoms. The molecule has 0 radical (unpaired) electrons. The highest BCUT2D eigenvalue weighted by atomic mass is 19.4. The second-order valence-corrected chi connectivity index (χ2v) is 6.10. The van der Waals surface area contributed by atoms with Gasteiger partial charge in [0.15, 0.2) is 11.3 Å². The Balaban J connectivity index is 2.32. The average molecular weight is 440 g/mol. The molecule has 7 nitrogen and oxygen atoms in total. The van der Waals surface area contributed by atoms with E-state index in [1.54, 1.807) is 0 Å². The van der Waals surface area contributed by atoms with Gasteiger partial charge in [-0.15, -0.1) is 0 Å². The predicted octanol–water partition coefficient (Wildman–Crippen LogP) is 4.59. The molecule has 1 aromatic heterocycles. The molecule has 0 bridgehead atoms. The van der Waals surface area contributed by atoms with Gasteiger partial charge in [0.25, 0.3) is 5.76 Å². The van der Waals surface area contributed by atoms with E-state index in [1.807, 2.05) is 0 Å². The smallest absolute Gasteiger partial charge is 0.449 e. The summed E-state index contributed by atoms with van der Waals surface area (Å²) in [5.74, 6) is -6.91. The third-order valence-corrected chi connectivity index (χ3v) is 3.73. The van der Waals surface area contributed by atoms with Gasteiger partial charge in [-0.25, -0.2) is 4.39 Å².